The van der Waals surface area contributed by atoms with Crippen molar-refractivity contribution < 1.29 is 9.53 Å². The topological polar surface area (TPSA) is 67.6 Å². The molecule has 0 saturated carbocycles. The van der Waals surface area contributed by atoms with E-state index in [1.54, 1.807) is 7.11 Å². The van der Waals surface area contributed by atoms with E-state index in [0.29, 0.717) is 6.42 Å². The van der Waals surface area contributed by atoms with Crippen LogP contribution < -0.4 is 15.8 Å². The predicted octanol–water partition coefficient (Wildman–Crippen LogP) is 5.20. The van der Waals surface area contributed by atoms with E-state index in [4.69, 9.17) is 10.5 Å². The summed E-state index contributed by atoms with van der Waals surface area (Å²) >= 11 is 0. The molecule has 5 heteroatoms. The molecule has 0 bridgehead atoms. The molecule has 0 radical (unpaired) electrons. The molecule has 0 aliphatic carbocycles. The smallest absolute Gasteiger partial charge is 0.239 e. The van der Waals surface area contributed by atoms with Crippen molar-refractivity contribution in [1.29, 1.82) is 0 Å². The Morgan fingerprint density at radius 1 is 1.03 bits per heavy atom. The van der Waals surface area contributed by atoms with Crippen molar-refractivity contribution in [1.82, 2.24) is 10.2 Å². The fraction of sp³-hybridized carbons (Fsp3) is 0.581. The molecule has 2 aromatic rings. The maximum Gasteiger partial charge on any atom is 0.239 e. The molecule has 4 rings (SSSR count). The molecule has 5 nitrogen and oxygen atoms in total. The molecule has 2 aromatic carbocycles. The van der Waals surface area contributed by atoms with Crippen LogP contribution in [0.3, 0.4) is 0 Å². The van der Waals surface area contributed by atoms with Crippen LogP contribution in [0.5, 0.6) is 5.75 Å². The van der Waals surface area contributed by atoms with Gasteiger partial charge >= 0.3 is 0 Å². The highest BCUT2D eigenvalue weighted by atomic mass is 16.5. The molecule has 2 aliphatic rings. The molecule has 1 unspecified atom stereocenters. The Bertz CT molecular complexity index is 960. The highest BCUT2D eigenvalue weighted by Crippen LogP contribution is 2.29. The van der Waals surface area contributed by atoms with Gasteiger partial charge in [-0.3, -0.25) is 4.79 Å². The Morgan fingerprint density at radius 3 is 2.33 bits per heavy atom. The number of aryl methyl sites for hydroxylation is 1. The second kappa shape index (κ2) is 13.3. The number of carbonyl (C=O) groups excluding carboxylic acids is 1. The lowest BCUT2D eigenvalue weighted by molar-refractivity contribution is -0.134. The third-order valence-electron chi connectivity index (χ3n) is 8.34. The summed E-state index contributed by atoms with van der Waals surface area (Å²) in [7, 11) is 1.70. The number of benzene rings is 2. The van der Waals surface area contributed by atoms with E-state index in [0.717, 1.165) is 55.5 Å². The first-order valence-electron chi connectivity index (χ1n) is 14.1. The SMILES string of the molecule is CCc1cc(OC)ccc1-c1ccc(CC(N)C(=O)N2CCC(CCCC3CCNCC3)CC2)cc1. The molecule has 2 aliphatic heterocycles. The van der Waals surface area contributed by atoms with Gasteiger partial charge in [0.15, 0.2) is 0 Å². The minimum atomic E-state index is -0.473. The van der Waals surface area contributed by atoms with Crippen molar-refractivity contribution in [2.75, 3.05) is 33.3 Å². The first kappa shape index (κ1) is 26.7. The standard InChI is InChI=1S/C31H45N3O2/c1-3-26-22-28(36-2)11-12-29(26)27-9-7-25(8-10-27)21-30(32)31(35)34-19-15-24(16-20-34)6-4-5-23-13-17-33-18-14-23/h7-12,22-24,30,33H,3-6,13-21,32H2,1-2H3. The third-order valence-corrected chi connectivity index (χ3v) is 8.34. The van der Waals surface area contributed by atoms with Crippen LogP contribution in [0.15, 0.2) is 42.5 Å². The van der Waals surface area contributed by atoms with Gasteiger partial charge in [0.25, 0.3) is 0 Å². The van der Waals surface area contributed by atoms with Gasteiger partial charge in [-0.1, -0.05) is 56.5 Å². The molecule has 1 amide bonds. The number of rotatable bonds is 10. The number of piperidine rings is 2. The van der Waals surface area contributed by atoms with E-state index in [1.165, 1.54) is 61.9 Å². The van der Waals surface area contributed by atoms with Crippen LogP contribution in [-0.4, -0.2) is 50.1 Å². The second-order valence-electron chi connectivity index (χ2n) is 10.8. The molecule has 2 heterocycles. The number of hydrogen-bond acceptors (Lipinski definition) is 4. The van der Waals surface area contributed by atoms with Crippen LogP contribution in [-0.2, 0) is 17.6 Å². The zero-order valence-electron chi connectivity index (χ0n) is 22.3. The first-order valence-corrected chi connectivity index (χ1v) is 14.1. The van der Waals surface area contributed by atoms with E-state index in [1.807, 2.05) is 11.0 Å². The number of nitrogens with zero attached hydrogens (tertiary/aromatic N) is 1. The maximum absolute atomic E-state index is 13.0. The zero-order valence-corrected chi connectivity index (χ0v) is 22.3. The van der Waals surface area contributed by atoms with Crippen LogP contribution in [0.4, 0.5) is 0 Å². The Kier molecular flexibility index (Phi) is 9.82. The quantitative estimate of drug-likeness (QED) is 0.479. The number of amides is 1. The molecule has 2 saturated heterocycles. The van der Waals surface area contributed by atoms with Gasteiger partial charge in [-0.2, -0.15) is 0 Å². The Hall–Kier alpha value is -2.37. The molecule has 0 spiro atoms. The van der Waals surface area contributed by atoms with Crippen molar-refractivity contribution in [3.63, 3.8) is 0 Å². The van der Waals surface area contributed by atoms with Crippen LogP contribution in [0.25, 0.3) is 11.1 Å². The molecule has 1 atom stereocenters. The maximum atomic E-state index is 13.0. The summed E-state index contributed by atoms with van der Waals surface area (Å²) in [6.45, 7) is 6.27. The first-order chi connectivity index (χ1) is 17.6. The van der Waals surface area contributed by atoms with E-state index >= 15 is 0 Å². The monoisotopic (exact) mass is 491 g/mol. The molecule has 3 N–H and O–H groups in total. The summed E-state index contributed by atoms with van der Waals surface area (Å²) in [5.74, 6) is 2.68. The summed E-state index contributed by atoms with van der Waals surface area (Å²) in [5, 5.41) is 3.46. The van der Waals surface area contributed by atoms with E-state index in [2.05, 4.69) is 48.6 Å². The van der Waals surface area contributed by atoms with Crippen molar-refractivity contribution in [2.45, 2.75) is 70.8 Å². The van der Waals surface area contributed by atoms with Gasteiger partial charge in [-0.05, 0) is 97.8 Å². The fourth-order valence-corrected chi connectivity index (χ4v) is 5.97. The van der Waals surface area contributed by atoms with Gasteiger partial charge in [0, 0.05) is 13.1 Å². The van der Waals surface area contributed by atoms with Crippen molar-refractivity contribution >= 4 is 5.91 Å². The number of nitrogens with two attached hydrogens (primary N) is 1. The minimum absolute atomic E-state index is 0.107. The van der Waals surface area contributed by atoms with Gasteiger partial charge < -0.3 is 20.7 Å². The normalized spacial score (nSPS) is 18.2. The van der Waals surface area contributed by atoms with E-state index in [9.17, 15) is 4.79 Å². The van der Waals surface area contributed by atoms with Crippen LogP contribution >= 0.6 is 0 Å². The molecule has 36 heavy (non-hydrogen) atoms. The lowest BCUT2D eigenvalue weighted by Gasteiger charge is -2.34. The second-order valence-corrected chi connectivity index (χ2v) is 10.8. The van der Waals surface area contributed by atoms with Gasteiger partial charge in [-0.25, -0.2) is 0 Å². The lowest BCUT2D eigenvalue weighted by atomic mass is 9.87. The highest BCUT2D eigenvalue weighted by molar-refractivity contribution is 5.82. The number of carbonyl (C=O) groups is 1. The van der Waals surface area contributed by atoms with Gasteiger partial charge in [0.1, 0.15) is 5.75 Å². The van der Waals surface area contributed by atoms with Crippen molar-refractivity contribution in [3.8, 4) is 16.9 Å². The zero-order chi connectivity index (χ0) is 25.3. The summed E-state index contributed by atoms with van der Waals surface area (Å²) in [6, 6.07) is 14.3. The summed E-state index contributed by atoms with van der Waals surface area (Å²) < 4.78 is 5.38. The average Bonchev–Trinajstić information content (AvgIpc) is 2.93. The van der Waals surface area contributed by atoms with Crippen molar-refractivity contribution in [2.24, 2.45) is 17.6 Å². The molecule has 0 aromatic heterocycles. The van der Waals surface area contributed by atoms with Gasteiger partial charge in [-0.15, -0.1) is 0 Å². The summed E-state index contributed by atoms with van der Waals surface area (Å²) in [4.78, 5) is 15.1. The van der Waals surface area contributed by atoms with Gasteiger partial charge in [0.2, 0.25) is 5.91 Å². The average molecular weight is 492 g/mol. The molecular weight excluding hydrogens is 446 g/mol. The predicted molar refractivity (Wildman–Crippen MR) is 148 cm³/mol. The lowest BCUT2D eigenvalue weighted by Crippen LogP contribution is -2.48. The number of nitrogens with one attached hydrogen (secondary N) is 1. The minimum Gasteiger partial charge on any atom is -0.497 e. The number of hydrogen-bond donors (Lipinski definition) is 2. The van der Waals surface area contributed by atoms with Crippen molar-refractivity contribution in [3.05, 3.63) is 53.6 Å². The number of methoxy groups -OCH3 is 1. The van der Waals surface area contributed by atoms with Gasteiger partial charge in [0.05, 0.1) is 13.2 Å². The van der Waals surface area contributed by atoms with Crippen LogP contribution in [0.2, 0.25) is 0 Å². The van der Waals surface area contributed by atoms with E-state index in [-0.39, 0.29) is 5.91 Å². The Balaban J connectivity index is 1.23. The Labute approximate surface area is 217 Å². The van der Waals surface area contributed by atoms with Crippen LogP contribution in [0, 0.1) is 11.8 Å². The summed E-state index contributed by atoms with van der Waals surface area (Å²) in [5.41, 5.74) is 11.2. The number of likely N-dealkylation sites (tertiary alicyclic amines) is 1. The summed E-state index contributed by atoms with van der Waals surface area (Å²) in [6.07, 6.45) is 10.5. The highest BCUT2D eigenvalue weighted by Gasteiger charge is 2.26. The van der Waals surface area contributed by atoms with Crippen LogP contribution in [0.1, 0.15) is 63.0 Å². The molecule has 2 fully saturated rings. The van der Waals surface area contributed by atoms with E-state index < -0.39 is 6.04 Å². The largest absolute Gasteiger partial charge is 0.497 e. The fourth-order valence-electron chi connectivity index (χ4n) is 5.97. The molecule has 196 valence electrons. The number of ether oxygens (including phenoxy) is 1. The molecular formula is C31H45N3O2. The third kappa shape index (κ3) is 7.10. The Morgan fingerprint density at radius 2 is 1.69 bits per heavy atom.